The molecule has 226 valence electrons. The lowest BCUT2D eigenvalue weighted by Gasteiger charge is -2.48. The Kier molecular flexibility index (Phi) is 11.8. The summed E-state index contributed by atoms with van der Waals surface area (Å²) in [5.41, 5.74) is 0. The van der Waals surface area contributed by atoms with Crippen LogP contribution in [0.1, 0.15) is 48.5 Å². The van der Waals surface area contributed by atoms with Crippen molar-refractivity contribution < 1.29 is 76.5 Å². The molecule has 40 heavy (non-hydrogen) atoms. The summed E-state index contributed by atoms with van der Waals surface area (Å²) >= 11 is 0. The van der Waals surface area contributed by atoms with Crippen LogP contribution in [0.2, 0.25) is 0 Å². The second kappa shape index (κ2) is 14.3. The van der Waals surface area contributed by atoms with Gasteiger partial charge >= 0.3 is 35.8 Å². The van der Waals surface area contributed by atoms with Crippen molar-refractivity contribution in [2.75, 3.05) is 6.61 Å². The van der Waals surface area contributed by atoms with E-state index in [9.17, 15) is 33.9 Å². The van der Waals surface area contributed by atoms with E-state index in [1.54, 1.807) is 0 Å². The Bertz CT molecular complexity index is 937. The Morgan fingerprint density at radius 2 is 1.02 bits per heavy atom. The third kappa shape index (κ3) is 9.11. The minimum atomic E-state index is -1.75. The van der Waals surface area contributed by atoms with Crippen LogP contribution in [0.3, 0.4) is 0 Å². The van der Waals surface area contributed by atoms with Crippen molar-refractivity contribution in [3.63, 3.8) is 0 Å². The molecule has 2 rings (SSSR count). The number of hydrogen-bond donors (Lipinski definition) is 1. The summed E-state index contributed by atoms with van der Waals surface area (Å²) in [5, 5.41) is 10.5. The molecule has 2 heterocycles. The highest BCUT2D eigenvalue weighted by molar-refractivity contribution is 5.69. The van der Waals surface area contributed by atoms with E-state index in [4.69, 9.17) is 42.6 Å². The highest BCUT2D eigenvalue weighted by Crippen LogP contribution is 2.34. The van der Waals surface area contributed by atoms with Gasteiger partial charge in [0.15, 0.2) is 43.1 Å². The van der Waals surface area contributed by atoms with Crippen LogP contribution in [0.25, 0.3) is 0 Å². The summed E-state index contributed by atoms with van der Waals surface area (Å²) in [6, 6.07) is 0. The molecule has 6 unspecified atom stereocenters. The van der Waals surface area contributed by atoms with Gasteiger partial charge in [-0.1, -0.05) is 0 Å². The molecule has 0 amide bonds. The van der Waals surface area contributed by atoms with Crippen molar-refractivity contribution in [3.8, 4) is 0 Å². The fourth-order valence-electron chi connectivity index (χ4n) is 4.27. The molecule has 0 aliphatic carbocycles. The van der Waals surface area contributed by atoms with Crippen LogP contribution in [-0.4, -0.2) is 109 Å². The minimum absolute atomic E-state index is 0.523. The second-order valence-electron chi connectivity index (χ2n) is 9.05. The third-order valence-electron chi connectivity index (χ3n) is 5.59. The topological polar surface area (TPSA) is 206 Å². The van der Waals surface area contributed by atoms with Crippen molar-refractivity contribution in [1.29, 1.82) is 0 Å². The zero-order chi connectivity index (χ0) is 30.3. The van der Waals surface area contributed by atoms with E-state index < -0.39 is 104 Å². The molecule has 0 aromatic heterocycles. The van der Waals surface area contributed by atoms with Crippen LogP contribution < -0.4 is 0 Å². The Morgan fingerprint density at radius 3 is 1.52 bits per heavy atom. The number of ether oxygens (including phenoxy) is 9. The lowest BCUT2D eigenvalue weighted by atomic mass is 9.96. The maximum Gasteiger partial charge on any atom is 0.303 e. The minimum Gasteiger partial charge on any atom is -0.463 e. The average molecular weight is 579 g/mol. The van der Waals surface area contributed by atoms with Crippen LogP contribution in [0.15, 0.2) is 0 Å². The molecule has 0 aromatic rings. The van der Waals surface area contributed by atoms with E-state index in [1.165, 1.54) is 6.92 Å². The first-order chi connectivity index (χ1) is 18.6. The zero-order valence-corrected chi connectivity index (χ0v) is 23.1. The first kappa shape index (κ1) is 32.9. The van der Waals surface area contributed by atoms with Gasteiger partial charge in [-0.15, -0.1) is 0 Å². The van der Waals surface area contributed by atoms with Crippen molar-refractivity contribution in [2.24, 2.45) is 0 Å². The van der Waals surface area contributed by atoms with E-state index in [1.807, 2.05) is 0 Å². The Balaban J connectivity index is 2.60. The van der Waals surface area contributed by atoms with Crippen molar-refractivity contribution in [1.82, 2.24) is 0 Å². The molecule has 16 nitrogen and oxygen atoms in total. The first-order valence-corrected chi connectivity index (χ1v) is 12.2. The fourth-order valence-corrected chi connectivity index (χ4v) is 4.27. The standard InChI is InChI=1S/C24H34O16/c1-9-17(34-11(3)26)19(21(23(31)33-9)37-14(6)29)40-24-22(38-15(7)30)20(36-13(5)28)18(35-12(4)27)16(39-24)8-32-10(2)25/h9,16-24,31H,8H2,1-7H3/t9?,16?,17-,18+,19?,20?,21?,22?,23+,24+/m0/s1. The van der Waals surface area contributed by atoms with E-state index in [0.717, 1.165) is 41.5 Å². The Hall–Kier alpha value is -3.34. The quantitative estimate of drug-likeness (QED) is 0.259. The highest BCUT2D eigenvalue weighted by atomic mass is 16.8. The van der Waals surface area contributed by atoms with Gasteiger partial charge in [-0.2, -0.15) is 0 Å². The molecule has 2 saturated heterocycles. The first-order valence-electron chi connectivity index (χ1n) is 12.2. The number of esters is 6. The van der Waals surface area contributed by atoms with Gasteiger partial charge in [-0.05, 0) is 6.92 Å². The van der Waals surface area contributed by atoms with Crippen molar-refractivity contribution >= 4 is 35.8 Å². The van der Waals surface area contributed by atoms with E-state index in [-0.39, 0.29) is 0 Å². The van der Waals surface area contributed by atoms with E-state index >= 15 is 0 Å². The molecule has 16 heteroatoms. The Labute approximate surface area is 229 Å². The van der Waals surface area contributed by atoms with Crippen LogP contribution in [0.5, 0.6) is 0 Å². The van der Waals surface area contributed by atoms with Gasteiger partial charge in [0.2, 0.25) is 0 Å². The highest BCUT2D eigenvalue weighted by Gasteiger charge is 2.56. The lowest BCUT2D eigenvalue weighted by Crippen LogP contribution is -2.66. The maximum absolute atomic E-state index is 12.1. The molecule has 0 radical (unpaired) electrons. The van der Waals surface area contributed by atoms with E-state index in [2.05, 4.69) is 0 Å². The molecule has 10 atom stereocenters. The zero-order valence-electron chi connectivity index (χ0n) is 23.1. The van der Waals surface area contributed by atoms with Gasteiger partial charge in [0, 0.05) is 41.5 Å². The smallest absolute Gasteiger partial charge is 0.303 e. The molecule has 1 N–H and O–H groups in total. The lowest BCUT2D eigenvalue weighted by molar-refractivity contribution is -0.355. The largest absolute Gasteiger partial charge is 0.463 e. The number of aliphatic hydroxyl groups is 1. The molecule has 2 aliphatic rings. The summed E-state index contributed by atoms with van der Waals surface area (Å²) in [7, 11) is 0. The van der Waals surface area contributed by atoms with Gasteiger partial charge in [-0.3, -0.25) is 28.8 Å². The summed E-state index contributed by atoms with van der Waals surface area (Å²) in [5.74, 6) is -4.91. The van der Waals surface area contributed by atoms with Crippen LogP contribution in [-0.2, 0) is 71.4 Å². The third-order valence-corrected chi connectivity index (χ3v) is 5.59. The summed E-state index contributed by atoms with van der Waals surface area (Å²) in [4.78, 5) is 71.3. The second-order valence-corrected chi connectivity index (χ2v) is 9.05. The molecule has 2 aliphatic heterocycles. The molecule has 0 saturated carbocycles. The maximum atomic E-state index is 12.1. The summed E-state index contributed by atoms with van der Waals surface area (Å²) < 4.78 is 48.9. The van der Waals surface area contributed by atoms with Crippen molar-refractivity contribution in [3.05, 3.63) is 0 Å². The van der Waals surface area contributed by atoms with Crippen LogP contribution in [0, 0.1) is 0 Å². The molecule has 0 aromatic carbocycles. The van der Waals surface area contributed by atoms with Gasteiger partial charge < -0.3 is 47.7 Å². The predicted octanol–water partition coefficient (Wildman–Crippen LogP) is -0.945. The van der Waals surface area contributed by atoms with Gasteiger partial charge in [0.25, 0.3) is 0 Å². The van der Waals surface area contributed by atoms with Gasteiger partial charge in [0.05, 0.1) is 6.10 Å². The molecule has 0 bridgehead atoms. The van der Waals surface area contributed by atoms with Crippen LogP contribution in [0.4, 0.5) is 0 Å². The number of carbonyl (C=O) groups excluding carboxylic acids is 6. The summed E-state index contributed by atoms with van der Waals surface area (Å²) in [6.07, 6.45) is -14.8. The van der Waals surface area contributed by atoms with E-state index in [0.29, 0.717) is 0 Å². The monoisotopic (exact) mass is 578 g/mol. The number of carbonyl (C=O) groups is 6. The predicted molar refractivity (Wildman–Crippen MR) is 124 cm³/mol. The Morgan fingerprint density at radius 1 is 0.575 bits per heavy atom. The van der Waals surface area contributed by atoms with Gasteiger partial charge in [-0.25, -0.2) is 0 Å². The number of aliphatic hydroxyl groups excluding tert-OH is 1. The van der Waals surface area contributed by atoms with Gasteiger partial charge in [0.1, 0.15) is 18.8 Å². The molecular formula is C24H34O16. The van der Waals surface area contributed by atoms with Crippen LogP contribution >= 0.6 is 0 Å². The normalized spacial score (nSPS) is 33.6. The number of hydrogen-bond acceptors (Lipinski definition) is 16. The SMILES string of the molecule is CC(=O)OCC1O[C@H](OC2C(OC(C)=O)[C@H](O)OC(C)[C@@H]2OC(C)=O)C(OC(C)=O)C(OC(C)=O)[C@@H]1OC(C)=O. The molecule has 2 fully saturated rings. The number of rotatable bonds is 9. The average Bonchev–Trinajstić information content (AvgIpc) is 2.80. The fraction of sp³-hybridized carbons (Fsp3) is 0.750. The van der Waals surface area contributed by atoms with Crippen molar-refractivity contribution in [2.45, 2.75) is 110 Å². The molecular weight excluding hydrogens is 544 g/mol. The summed E-state index contributed by atoms with van der Waals surface area (Å²) in [6.45, 7) is 7.34. The molecule has 0 spiro atoms.